The summed E-state index contributed by atoms with van der Waals surface area (Å²) in [7, 11) is 2.98. The molecule has 0 radical (unpaired) electrons. The van der Waals surface area contributed by atoms with E-state index in [0.29, 0.717) is 37.9 Å². The summed E-state index contributed by atoms with van der Waals surface area (Å²) in [5.74, 6) is 0.580. The summed E-state index contributed by atoms with van der Waals surface area (Å²) in [5.41, 5.74) is 1.10. The zero-order valence-electron chi connectivity index (χ0n) is 13.0. The van der Waals surface area contributed by atoms with Crippen molar-refractivity contribution in [1.82, 2.24) is 0 Å². The number of hydrogen-bond donors (Lipinski definition) is 2. The van der Waals surface area contributed by atoms with Crippen molar-refractivity contribution in [1.29, 1.82) is 0 Å². The lowest BCUT2D eigenvalue weighted by Gasteiger charge is -2.14. The number of nitrogens with one attached hydrogen (secondary N) is 2. The lowest BCUT2D eigenvalue weighted by atomic mass is 10.2. The maximum atomic E-state index is 12.1. The number of carbonyl (C=O) groups is 1. The molecule has 2 aromatic carbocycles. The number of ether oxygens (including phenoxy) is 2. The molecule has 0 fully saturated rings. The van der Waals surface area contributed by atoms with Crippen molar-refractivity contribution in [2.75, 3.05) is 31.4 Å². The number of carbonyl (C=O) groups excluding carboxylic acids is 1. The van der Waals surface area contributed by atoms with Gasteiger partial charge in [-0.3, -0.25) is 4.79 Å². The summed E-state index contributed by atoms with van der Waals surface area (Å²) < 4.78 is 10.3. The third kappa shape index (κ3) is 4.84. The Bertz CT molecular complexity index is 733. The molecule has 128 valence electrons. The highest BCUT2D eigenvalue weighted by Gasteiger charge is 2.12. The van der Waals surface area contributed by atoms with Gasteiger partial charge in [0.25, 0.3) is 0 Å². The van der Waals surface area contributed by atoms with Crippen LogP contribution in [0.3, 0.4) is 0 Å². The molecule has 8 heteroatoms. The van der Waals surface area contributed by atoms with Gasteiger partial charge in [0.1, 0.15) is 11.5 Å². The second-order valence-electron chi connectivity index (χ2n) is 4.75. The fraction of sp³-hybridized carbons (Fsp3) is 0.188. The topological polar surface area (TPSA) is 59.6 Å². The Morgan fingerprint density at radius 2 is 1.58 bits per heavy atom. The minimum atomic E-state index is -0.284. The molecule has 24 heavy (non-hydrogen) atoms. The lowest BCUT2D eigenvalue weighted by Crippen LogP contribution is -2.22. The Kier molecular flexibility index (Phi) is 6.43. The van der Waals surface area contributed by atoms with Crippen molar-refractivity contribution >= 4 is 52.1 Å². The van der Waals surface area contributed by atoms with Gasteiger partial charge in [0.15, 0.2) is 0 Å². The van der Waals surface area contributed by atoms with E-state index in [0.717, 1.165) is 0 Å². The Morgan fingerprint density at radius 1 is 0.958 bits per heavy atom. The van der Waals surface area contributed by atoms with E-state index in [4.69, 9.17) is 44.3 Å². The van der Waals surface area contributed by atoms with Gasteiger partial charge in [0, 0.05) is 27.9 Å². The number of rotatable bonds is 6. The second-order valence-corrected chi connectivity index (χ2v) is 6.03. The summed E-state index contributed by atoms with van der Waals surface area (Å²) in [4.78, 5) is 12.1. The molecule has 0 aliphatic rings. The van der Waals surface area contributed by atoms with E-state index >= 15 is 0 Å². The third-order valence-corrected chi connectivity index (χ3v) is 3.80. The van der Waals surface area contributed by atoms with Crippen molar-refractivity contribution in [3.05, 3.63) is 45.4 Å². The number of anilines is 2. The van der Waals surface area contributed by atoms with Crippen LogP contribution in [0.25, 0.3) is 0 Å². The highest BCUT2D eigenvalue weighted by Crippen LogP contribution is 2.35. The molecule has 2 rings (SSSR count). The van der Waals surface area contributed by atoms with Crippen molar-refractivity contribution in [2.24, 2.45) is 0 Å². The Hall–Kier alpha value is -1.82. The maximum Gasteiger partial charge on any atom is 0.243 e. The van der Waals surface area contributed by atoms with Crippen molar-refractivity contribution in [2.45, 2.75) is 0 Å². The third-order valence-electron chi connectivity index (χ3n) is 3.06. The monoisotopic (exact) mass is 388 g/mol. The molecule has 2 aromatic rings. The van der Waals surface area contributed by atoms with Crippen LogP contribution >= 0.6 is 34.8 Å². The minimum Gasteiger partial charge on any atom is -0.495 e. The average molecular weight is 390 g/mol. The van der Waals surface area contributed by atoms with Crippen LogP contribution in [0.5, 0.6) is 11.5 Å². The first kappa shape index (κ1) is 18.5. The van der Waals surface area contributed by atoms with E-state index in [1.165, 1.54) is 14.2 Å². The predicted molar refractivity (Wildman–Crippen MR) is 98.1 cm³/mol. The van der Waals surface area contributed by atoms with Gasteiger partial charge in [-0.05, 0) is 18.2 Å². The molecule has 0 bridgehead atoms. The van der Waals surface area contributed by atoms with E-state index in [1.807, 2.05) is 0 Å². The fourth-order valence-corrected chi connectivity index (χ4v) is 2.75. The standard InChI is InChI=1S/C16H15Cl3N2O3/c1-23-14-7-13(15(24-2)6-12(14)19)21-16(22)8-20-11-4-9(17)3-10(18)5-11/h3-7,20H,8H2,1-2H3,(H,21,22). The zero-order chi connectivity index (χ0) is 17.7. The quantitative estimate of drug-likeness (QED) is 0.751. The van der Waals surface area contributed by atoms with E-state index in [-0.39, 0.29) is 12.5 Å². The van der Waals surface area contributed by atoms with E-state index in [1.54, 1.807) is 30.3 Å². The van der Waals surface area contributed by atoms with Crippen LogP contribution in [0.1, 0.15) is 0 Å². The van der Waals surface area contributed by atoms with Crippen LogP contribution in [-0.2, 0) is 4.79 Å². The normalized spacial score (nSPS) is 10.2. The van der Waals surface area contributed by atoms with Gasteiger partial charge in [-0.25, -0.2) is 0 Å². The smallest absolute Gasteiger partial charge is 0.243 e. The van der Waals surface area contributed by atoms with Gasteiger partial charge in [-0.1, -0.05) is 34.8 Å². The summed E-state index contributed by atoms with van der Waals surface area (Å²) >= 11 is 17.9. The number of amides is 1. The summed E-state index contributed by atoms with van der Waals surface area (Å²) in [6.45, 7) is 0.0186. The first-order valence-electron chi connectivity index (χ1n) is 6.84. The molecule has 0 aromatic heterocycles. The maximum absolute atomic E-state index is 12.1. The van der Waals surface area contributed by atoms with Crippen LogP contribution in [0.15, 0.2) is 30.3 Å². The highest BCUT2D eigenvalue weighted by molar-refractivity contribution is 6.35. The van der Waals surface area contributed by atoms with Crippen LogP contribution in [0.2, 0.25) is 15.1 Å². The SMILES string of the molecule is COc1cc(NC(=O)CNc2cc(Cl)cc(Cl)c2)c(OC)cc1Cl. The predicted octanol–water partition coefficient (Wildman–Crippen LogP) is 4.71. The van der Waals surface area contributed by atoms with Gasteiger partial charge in [0.2, 0.25) is 5.91 Å². The molecule has 1 amide bonds. The van der Waals surface area contributed by atoms with Crippen LogP contribution in [0, 0.1) is 0 Å². The van der Waals surface area contributed by atoms with Gasteiger partial charge in [-0.2, -0.15) is 0 Å². The van der Waals surface area contributed by atoms with E-state index < -0.39 is 0 Å². The molecule has 0 unspecified atom stereocenters. The van der Waals surface area contributed by atoms with Gasteiger partial charge >= 0.3 is 0 Å². The summed E-state index contributed by atoms with van der Waals surface area (Å²) in [6, 6.07) is 8.12. The van der Waals surface area contributed by atoms with Gasteiger partial charge in [-0.15, -0.1) is 0 Å². The van der Waals surface area contributed by atoms with Crippen LogP contribution < -0.4 is 20.1 Å². The molecule has 0 spiro atoms. The van der Waals surface area contributed by atoms with Crippen LogP contribution in [0.4, 0.5) is 11.4 Å². The molecule has 5 nitrogen and oxygen atoms in total. The largest absolute Gasteiger partial charge is 0.495 e. The lowest BCUT2D eigenvalue weighted by molar-refractivity contribution is -0.114. The number of halogens is 3. The van der Waals surface area contributed by atoms with Gasteiger partial charge in [0.05, 0.1) is 31.5 Å². The zero-order valence-corrected chi connectivity index (χ0v) is 15.2. The van der Waals surface area contributed by atoms with Crippen molar-refractivity contribution in [3.8, 4) is 11.5 Å². The van der Waals surface area contributed by atoms with Gasteiger partial charge < -0.3 is 20.1 Å². The van der Waals surface area contributed by atoms with Crippen molar-refractivity contribution < 1.29 is 14.3 Å². The molecule has 0 aliphatic carbocycles. The number of benzene rings is 2. The summed E-state index contributed by atoms with van der Waals surface area (Å²) in [6.07, 6.45) is 0. The molecule has 0 atom stereocenters. The molecule has 0 saturated heterocycles. The average Bonchev–Trinajstić information content (AvgIpc) is 2.53. The molecule has 0 saturated carbocycles. The molecular formula is C16H15Cl3N2O3. The molecule has 2 N–H and O–H groups in total. The highest BCUT2D eigenvalue weighted by atomic mass is 35.5. The van der Waals surface area contributed by atoms with E-state index in [9.17, 15) is 4.79 Å². The van der Waals surface area contributed by atoms with Crippen LogP contribution in [-0.4, -0.2) is 26.7 Å². The molecule has 0 aliphatic heterocycles. The Labute approximate surface area is 154 Å². The Morgan fingerprint density at radius 3 is 2.17 bits per heavy atom. The number of hydrogen-bond acceptors (Lipinski definition) is 4. The molecule has 0 heterocycles. The molecular weight excluding hydrogens is 375 g/mol. The second kappa shape index (κ2) is 8.33. The number of methoxy groups -OCH3 is 2. The first-order chi connectivity index (χ1) is 11.4. The Balaban J connectivity index is 2.06. The fourth-order valence-electron chi connectivity index (χ4n) is 1.99. The first-order valence-corrected chi connectivity index (χ1v) is 7.97. The van der Waals surface area contributed by atoms with Crippen molar-refractivity contribution in [3.63, 3.8) is 0 Å². The minimum absolute atomic E-state index is 0.0186. The summed E-state index contributed by atoms with van der Waals surface area (Å²) in [5, 5.41) is 7.03. The van der Waals surface area contributed by atoms with E-state index in [2.05, 4.69) is 10.6 Å².